The zero-order valence-corrected chi connectivity index (χ0v) is 16.8. The number of rotatable bonds is 3. The Kier molecular flexibility index (Phi) is 5.54. The van der Waals surface area contributed by atoms with Crippen LogP contribution in [0.5, 0.6) is 0 Å². The van der Waals surface area contributed by atoms with E-state index in [-0.39, 0.29) is 29.2 Å². The summed E-state index contributed by atoms with van der Waals surface area (Å²) in [5.41, 5.74) is 0.752. The summed E-state index contributed by atoms with van der Waals surface area (Å²) < 4.78 is 0. The third kappa shape index (κ3) is 4.49. The van der Waals surface area contributed by atoms with Crippen LogP contribution in [0.4, 0.5) is 0 Å². The van der Waals surface area contributed by atoms with Crippen LogP contribution in [0.3, 0.4) is 0 Å². The molecule has 1 N–H and O–H groups in total. The van der Waals surface area contributed by atoms with Crippen molar-refractivity contribution in [2.75, 3.05) is 13.1 Å². The topological polar surface area (TPSA) is 49.4 Å². The Bertz CT molecular complexity index is 830. The molecule has 144 valence electrons. The maximum absolute atomic E-state index is 12.7. The third-order valence-corrected chi connectivity index (χ3v) is 5.43. The third-order valence-electron chi connectivity index (χ3n) is 5.43. The van der Waals surface area contributed by atoms with E-state index in [0.29, 0.717) is 13.1 Å². The Morgan fingerprint density at radius 1 is 1.04 bits per heavy atom. The number of hydrogen-bond acceptors (Lipinski definition) is 2. The fourth-order valence-corrected chi connectivity index (χ4v) is 3.71. The van der Waals surface area contributed by atoms with E-state index in [1.807, 2.05) is 44.7 Å². The minimum atomic E-state index is -0.361. The average molecular weight is 367 g/mol. The largest absolute Gasteiger partial charge is 0.349 e. The van der Waals surface area contributed by atoms with Crippen molar-refractivity contribution in [2.24, 2.45) is 11.3 Å². The average Bonchev–Trinajstić information content (AvgIpc) is 2.66. The Balaban J connectivity index is 1.58. The van der Waals surface area contributed by atoms with Crippen molar-refractivity contribution < 1.29 is 9.59 Å². The Morgan fingerprint density at radius 2 is 1.67 bits per heavy atom. The molecule has 1 heterocycles. The normalized spacial score (nSPS) is 17.0. The molecule has 2 amide bonds. The van der Waals surface area contributed by atoms with E-state index >= 15 is 0 Å². The molecule has 27 heavy (non-hydrogen) atoms. The van der Waals surface area contributed by atoms with Crippen LogP contribution in [0.2, 0.25) is 0 Å². The van der Waals surface area contributed by atoms with Crippen LogP contribution in [-0.2, 0) is 9.59 Å². The molecule has 2 aromatic rings. The second kappa shape index (κ2) is 7.71. The molecule has 1 unspecified atom stereocenters. The van der Waals surface area contributed by atoms with Crippen LogP contribution in [-0.4, -0.2) is 29.8 Å². The van der Waals surface area contributed by atoms with E-state index in [1.54, 1.807) is 0 Å². The van der Waals surface area contributed by atoms with Crippen molar-refractivity contribution in [2.45, 2.75) is 46.6 Å². The monoisotopic (exact) mass is 366 g/mol. The van der Waals surface area contributed by atoms with Gasteiger partial charge in [-0.1, -0.05) is 57.2 Å². The molecule has 0 radical (unpaired) electrons. The second-order valence-electron chi connectivity index (χ2n) is 8.65. The van der Waals surface area contributed by atoms with Crippen molar-refractivity contribution in [3.8, 4) is 0 Å². The molecule has 4 heteroatoms. The van der Waals surface area contributed by atoms with E-state index in [4.69, 9.17) is 0 Å². The molecule has 0 aliphatic carbocycles. The van der Waals surface area contributed by atoms with Crippen molar-refractivity contribution in [3.05, 3.63) is 48.0 Å². The van der Waals surface area contributed by atoms with Gasteiger partial charge in [-0.05, 0) is 42.2 Å². The molecule has 4 nitrogen and oxygen atoms in total. The highest BCUT2D eigenvalue weighted by Crippen LogP contribution is 2.25. The smallest absolute Gasteiger partial charge is 0.227 e. The second-order valence-corrected chi connectivity index (χ2v) is 8.65. The maximum atomic E-state index is 12.7. The quantitative estimate of drug-likeness (QED) is 0.880. The van der Waals surface area contributed by atoms with Gasteiger partial charge in [-0.15, -0.1) is 0 Å². The number of hydrogen-bond donors (Lipinski definition) is 1. The number of nitrogens with one attached hydrogen (secondary N) is 1. The first kappa shape index (κ1) is 19.4. The van der Waals surface area contributed by atoms with Crippen molar-refractivity contribution in [3.63, 3.8) is 0 Å². The summed E-state index contributed by atoms with van der Waals surface area (Å²) in [7, 11) is 0. The summed E-state index contributed by atoms with van der Waals surface area (Å²) in [6.07, 6.45) is 1.47. The number of benzene rings is 2. The molecule has 3 rings (SSSR count). The highest BCUT2D eigenvalue weighted by Gasteiger charge is 2.32. The summed E-state index contributed by atoms with van der Waals surface area (Å²) in [6, 6.07) is 14.5. The first-order chi connectivity index (χ1) is 12.8. The van der Waals surface area contributed by atoms with Crippen molar-refractivity contribution in [1.29, 1.82) is 0 Å². The summed E-state index contributed by atoms with van der Waals surface area (Å²) in [5, 5.41) is 5.55. The van der Waals surface area contributed by atoms with Gasteiger partial charge in [0.2, 0.25) is 11.8 Å². The van der Waals surface area contributed by atoms with Gasteiger partial charge >= 0.3 is 0 Å². The van der Waals surface area contributed by atoms with Gasteiger partial charge in [0, 0.05) is 24.4 Å². The van der Waals surface area contributed by atoms with Crippen LogP contribution in [0.25, 0.3) is 10.8 Å². The van der Waals surface area contributed by atoms with E-state index in [9.17, 15) is 9.59 Å². The standard InChI is InChI=1S/C23H30N2O2/c1-16(19-10-9-17-7-5-6-8-20(17)15-19)24-21(26)18-11-13-25(14-12-18)22(27)23(2,3)4/h5-10,15-16,18H,11-14H2,1-4H3,(H,24,26). The first-order valence-corrected chi connectivity index (χ1v) is 9.84. The van der Waals surface area contributed by atoms with Gasteiger partial charge in [-0.25, -0.2) is 0 Å². The van der Waals surface area contributed by atoms with Crippen LogP contribution in [0.1, 0.15) is 52.1 Å². The molecule has 0 bridgehead atoms. The minimum absolute atomic E-state index is 0.0167. The van der Waals surface area contributed by atoms with Crippen LogP contribution in [0, 0.1) is 11.3 Å². The highest BCUT2D eigenvalue weighted by molar-refractivity contribution is 5.84. The zero-order valence-electron chi connectivity index (χ0n) is 16.8. The summed E-state index contributed by atoms with van der Waals surface area (Å²) >= 11 is 0. The van der Waals surface area contributed by atoms with E-state index in [1.165, 1.54) is 10.8 Å². The van der Waals surface area contributed by atoms with Gasteiger partial charge < -0.3 is 10.2 Å². The predicted octanol–water partition coefficient (Wildman–Crippen LogP) is 4.30. The maximum Gasteiger partial charge on any atom is 0.227 e. The zero-order chi connectivity index (χ0) is 19.6. The summed E-state index contributed by atoms with van der Waals surface area (Å²) in [6.45, 7) is 9.19. The Hall–Kier alpha value is -2.36. The lowest BCUT2D eigenvalue weighted by Crippen LogP contribution is -2.46. The van der Waals surface area contributed by atoms with E-state index in [2.05, 4.69) is 35.6 Å². The van der Waals surface area contributed by atoms with Crippen LogP contribution in [0.15, 0.2) is 42.5 Å². The van der Waals surface area contributed by atoms with E-state index in [0.717, 1.165) is 18.4 Å². The molecule has 0 aromatic heterocycles. The molecule has 0 saturated carbocycles. The van der Waals surface area contributed by atoms with Gasteiger partial charge in [0.05, 0.1) is 6.04 Å². The van der Waals surface area contributed by atoms with Gasteiger partial charge in [0.25, 0.3) is 0 Å². The number of amides is 2. The van der Waals surface area contributed by atoms with Gasteiger partial charge in [0.15, 0.2) is 0 Å². The fourth-order valence-electron chi connectivity index (χ4n) is 3.71. The number of carbonyl (C=O) groups is 2. The van der Waals surface area contributed by atoms with Crippen molar-refractivity contribution >= 4 is 22.6 Å². The van der Waals surface area contributed by atoms with E-state index < -0.39 is 0 Å². The first-order valence-electron chi connectivity index (χ1n) is 9.84. The lowest BCUT2D eigenvalue weighted by Gasteiger charge is -2.35. The lowest BCUT2D eigenvalue weighted by molar-refractivity contribution is -0.142. The van der Waals surface area contributed by atoms with Crippen molar-refractivity contribution in [1.82, 2.24) is 10.2 Å². The fraction of sp³-hybridized carbons (Fsp3) is 0.478. The molecule has 1 aliphatic rings. The summed E-state index contributed by atoms with van der Waals surface area (Å²) in [5.74, 6) is 0.251. The molecule has 0 spiro atoms. The number of likely N-dealkylation sites (tertiary alicyclic amines) is 1. The number of piperidine rings is 1. The number of nitrogens with zero attached hydrogens (tertiary/aromatic N) is 1. The Morgan fingerprint density at radius 3 is 2.30 bits per heavy atom. The highest BCUT2D eigenvalue weighted by atomic mass is 16.2. The molecule has 1 fully saturated rings. The lowest BCUT2D eigenvalue weighted by atomic mass is 9.90. The molecule has 1 saturated heterocycles. The molecule has 2 aromatic carbocycles. The summed E-state index contributed by atoms with van der Waals surface area (Å²) in [4.78, 5) is 27.0. The predicted molar refractivity (Wildman–Crippen MR) is 109 cm³/mol. The van der Waals surface area contributed by atoms with Gasteiger partial charge in [0.1, 0.15) is 0 Å². The van der Waals surface area contributed by atoms with Gasteiger partial charge in [-0.2, -0.15) is 0 Å². The Labute approximate surface area is 161 Å². The number of carbonyl (C=O) groups excluding carboxylic acids is 2. The molecule has 1 atom stereocenters. The minimum Gasteiger partial charge on any atom is -0.349 e. The van der Waals surface area contributed by atoms with Crippen LogP contribution < -0.4 is 5.32 Å². The van der Waals surface area contributed by atoms with Gasteiger partial charge in [-0.3, -0.25) is 9.59 Å². The molecule has 1 aliphatic heterocycles. The SMILES string of the molecule is CC(NC(=O)C1CCN(C(=O)C(C)(C)C)CC1)c1ccc2ccccc2c1. The molecular formula is C23H30N2O2. The number of fused-ring (bicyclic) bond motifs is 1. The van der Waals surface area contributed by atoms with Crippen LogP contribution >= 0.6 is 0 Å². The molecular weight excluding hydrogens is 336 g/mol.